The quantitative estimate of drug-likeness (QED) is 0.779. The van der Waals surface area contributed by atoms with Crippen LogP contribution < -0.4 is 5.32 Å². The predicted octanol–water partition coefficient (Wildman–Crippen LogP) is 0.846. The summed E-state index contributed by atoms with van der Waals surface area (Å²) >= 11 is 0. The molecule has 0 aromatic rings. The highest BCUT2D eigenvalue weighted by Gasteiger charge is 2.30. The molecule has 1 atom stereocenters. The van der Waals surface area contributed by atoms with E-state index in [9.17, 15) is 8.42 Å². The summed E-state index contributed by atoms with van der Waals surface area (Å²) in [5.74, 6) is 0. The van der Waals surface area contributed by atoms with Crippen molar-refractivity contribution in [2.75, 3.05) is 26.5 Å². The Hall–Kier alpha value is -1.34. The van der Waals surface area contributed by atoms with E-state index < -0.39 is 9.84 Å². The molecule has 0 radical (unpaired) electrons. The number of hydrogen-bond donors (Lipinski definition) is 1. The van der Waals surface area contributed by atoms with Crippen LogP contribution in [-0.4, -0.2) is 51.2 Å². The molecule has 20 heavy (non-hydrogen) atoms. The molecule has 0 aromatic heterocycles. The minimum atomic E-state index is -3.33. The van der Waals surface area contributed by atoms with Crippen LogP contribution >= 0.6 is 0 Å². The summed E-state index contributed by atoms with van der Waals surface area (Å²) < 4.78 is 28.5. The fourth-order valence-electron chi connectivity index (χ4n) is 2.36. The Bertz CT molecular complexity index is 563. The summed E-state index contributed by atoms with van der Waals surface area (Å²) in [7, 11) is -1.66. The van der Waals surface area contributed by atoms with Gasteiger partial charge in [0, 0.05) is 32.2 Å². The van der Waals surface area contributed by atoms with Crippen molar-refractivity contribution in [3.63, 3.8) is 0 Å². The van der Waals surface area contributed by atoms with E-state index in [0.717, 1.165) is 30.7 Å². The maximum absolute atomic E-state index is 11.7. The van der Waals surface area contributed by atoms with Gasteiger partial charge in [0.2, 0.25) is 15.0 Å². The molecule has 1 N–H and O–H groups in total. The zero-order valence-corrected chi connectivity index (χ0v) is 12.9. The van der Waals surface area contributed by atoms with Gasteiger partial charge in [-0.2, -0.15) is 0 Å². The highest BCUT2D eigenvalue weighted by molar-refractivity contribution is 8.05. The van der Waals surface area contributed by atoms with Crippen LogP contribution in [0.15, 0.2) is 28.5 Å². The number of amidine groups is 1. The normalized spacial score (nSPS) is 22.4. The number of rotatable bonds is 4. The minimum absolute atomic E-state index is 0.0517. The number of allylic oxidation sites excluding steroid dienone is 2. The van der Waals surface area contributed by atoms with Crippen LogP contribution in [0.2, 0.25) is 0 Å². The number of hydrogen-bond acceptors (Lipinski definition) is 6. The summed E-state index contributed by atoms with van der Waals surface area (Å²) in [6.07, 6.45) is 6.69. The highest BCUT2D eigenvalue weighted by atomic mass is 32.2. The monoisotopic (exact) mass is 299 g/mol. The van der Waals surface area contributed by atoms with E-state index in [4.69, 9.17) is 4.74 Å². The molecule has 112 valence electrons. The lowest BCUT2D eigenvalue weighted by Crippen LogP contribution is -2.44. The fourth-order valence-corrected chi connectivity index (χ4v) is 2.99. The van der Waals surface area contributed by atoms with Crippen LogP contribution in [0.25, 0.3) is 0 Å². The molecule has 6 nitrogen and oxygen atoms in total. The minimum Gasteiger partial charge on any atom is -0.385 e. The highest BCUT2D eigenvalue weighted by Crippen LogP contribution is 2.27. The van der Waals surface area contributed by atoms with Crippen LogP contribution in [-0.2, 0) is 14.6 Å². The zero-order valence-electron chi connectivity index (χ0n) is 12.1. The second-order valence-corrected chi connectivity index (χ2v) is 6.96. The fraction of sp³-hybridized carbons (Fsp3) is 0.615. The van der Waals surface area contributed by atoms with Crippen molar-refractivity contribution in [2.24, 2.45) is 4.99 Å². The lowest BCUT2D eigenvalue weighted by atomic mass is 10.0. The number of methoxy groups -OCH3 is 1. The molecular formula is C13H21N3O3S. The third-order valence-electron chi connectivity index (χ3n) is 3.39. The van der Waals surface area contributed by atoms with Gasteiger partial charge in [0.15, 0.2) is 0 Å². The largest absolute Gasteiger partial charge is 0.385 e. The average molecular weight is 299 g/mol. The van der Waals surface area contributed by atoms with E-state index >= 15 is 0 Å². The second-order valence-electron chi connectivity index (χ2n) is 5.03. The van der Waals surface area contributed by atoms with Crippen LogP contribution in [0, 0.1) is 0 Å². The standard InChI is InChI=1S/C13H21N3O3S/c1-10-11-6-4-7-16(8-5-9-19-2)12(11)15-13(14-10)20(3,17)18/h4,7,12H,5-6,8-9H2,1-3H3,(H,14,15). The van der Waals surface area contributed by atoms with Gasteiger partial charge in [0.1, 0.15) is 6.17 Å². The molecule has 0 saturated heterocycles. The van der Waals surface area contributed by atoms with Gasteiger partial charge in [-0.3, -0.25) is 0 Å². The SMILES string of the molecule is COCCCN1C=CCC2=C(C)NC(S(C)(=O)=O)=NC21. The second kappa shape index (κ2) is 5.97. The molecular weight excluding hydrogens is 278 g/mol. The topological polar surface area (TPSA) is 71.0 Å². The Labute approximate surface area is 120 Å². The molecule has 0 aromatic carbocycles. The molecule has 0 fully saturated rings. The molecule has 2 aliphatic heterocycles. The third kappa shape index (κ3) is 3.21. The summed E-state index contributed by atoms with van der Waals surface area (Å²) in [5, 5.41) is 2.95. The van der Waals surface area contributed by atoms with Gasteiger partial charge in [0.05, 0.1) is 0 Å². The molecule has 2 rings (SSSR count). The van der Waals surface area contributed by atoms with E-state index in [1.807, 2.05) is 13.1 Å². The van der Waals surface area contributed by atoms with Crippen molar-refractivity contribution in [1.82, 2.24) is 10.2 Å². The molecule has 2 aliphatic rings. The molecule has 0 aliphatic carbocycles. The molecule has 0 bridgehead atoms. The van der Waals surface area contributed by atoms with Crippen molar-refractivity contribution in [3.05, 3.63) is 23.5 Å². The smallest absolute Gasteiger partial charge is 0.222 e. The Balaban J connectivity index is 2.24. The third-order valence-corrected chi connectivity index (χ3v) is 4.30. The van der Waals surface area contributed by atoms with Crippen molar-refractivity contribution < 1.29 is 13.2 Å². The zero-order chi connectivity index (χ0) is 14.8. The lowest BCUT2D eigenvalue weighted by Gasteiger charge is -2.36. The first-order valence-corrected chi connectivity index (χ1v) is 8.48. The Morgan fingerprint density at radius 3 is 2.95 bits per heavy atom. The van der Waals surface area contributed by atoms with Gasteiger partial charge in [-0.25, -0.2) is 13.4 Å². The molecule has 1 unspecified atom stereocenters. The van der Waals surface area contributed by atoms with Gasteiger partial charge in [-0.05, 0) is 31.5 Å². The van der Waals surface area contributed by atoms with Crippen molar-refractivity contribution >= 4 is 15.0 Å². The maximum Gasteiger partial charge on any atom is 0.222 e. The summed E-state index contributed by atoms with van der Waals surface area (Å²) in [6, 6.07) is 0. The number of aliphatic imine (C=N–C) groups is 1. The van der Waals surface area contributed by atoms with Gasteiger partial charge in [-0.15, -0.1) is 0 Å². The number of nitrogens with zero attached hydrogens (tertiary/aromatic N) is 2. The number of ether oxygens (including phenoxy) is 1. The molecule has 7 heteroatoms. The van der Waals surface area contributed by atoms with E-state index in [1.165, 1.54) is 6.26 Å². The Morgan fingerprint density at radius 1 is 1.55 bits per heavy atom. The van der Waals surface area contributed by atoms with Gasteiger partial charge < -0.3 is 15.0 Å². The lowest BCUT2D eigenvalue weighted by molar-refractivity contribution is 0.176. The molecule has 0 spiro atoms. The summed E-state index contributed by atoms with van der Waals surface area (Å²) in [6.45, 7) is 3.36. The van der Waals surface area contributed by atoms with Crippen molar-refractivity contribution in [2.45, 2.75) is 25.9 Å². The Kier molecular flexibility index (Phi) is 4.49. The summed E-state index contributed by atoms with van der Waals surface area (Å²) in [4.78, 5) is 6.44. The van der Waals surface area contributed by atoms with Crippen LogP contribution in [0.1, 0.15) is 19.8 Å². The molecule has 2 heterocycles. The van der Waals surface area contributed by atoms with Gasteiger partial charge >= 0.3 is 0 Å². The van der Waals surface area contributed by atoms with E-state index in [1.54, 1.807) is 7.11 Å². The number of nitrogens with one attached hydrogen (secondary N) is 1. The molecule has 0 amide bonds. The van der Waals surface area contributed by atoms with Gasteiger partial charge in [-0.1, -0.05) is 6.08 Å². The van der Waals surface area contributed by atoms with E-state index in [2.05, 4.69) is 21.3 Å². The first-order valence-electron chi connectivity index (χ1n) is 6.59. The van der Waals surface area contributed by atoms with Crippen molar-refractivity contribution in [1.29, 1.82) is 0 Å². The van der Waals surface area contributed by atoms with Crippen LogP contribution in [0.5, 0.6) is 0 Å². The van der Waals surface area contributed by atoms with Crippen molar-refractivity contribution in [3.8, 4) is 0 Å². The van der Waals surface area contributed by atoms with Crippen LogP contribution in [0.4, 0.5) is 0 Å². The average Bonchev–Trinajstić information content (AvgIpc) is 2.38. The maximum atomic E-state index is 11.7. The first-order chi connectivity index (χ1) is 9.43. The van der Waals surface area contributed by atoms with Gasteiger partial charge in [0.25, 0.3) is 0 Å². The van der Waals surface area contributed by atoms with E-state index in [-0.39, 0.29) is 11.3 Å². The number of fused-ring (bicyclic) bond motifs is 1. The van der Waals surface area contributed by atoms with E-state index in [0.29, 0.717) is 6.61 Å². The Morgan fingerprint density at radius 2 is 2.30 bits per heavy atom. The molecule has 0 saturated carbocycles. The predicted molar refractivity (Wildman–Crippen MR) is 78.9 cm³/mol. The first kappa shape index (κ1) is 15.1. The number of sulfone groups is 1. The summed E-state index contributed by atoms with van der Waals surface area (Å²) in [5.41, 5.74) is 2.00. The van der Waals surface area contributed by atoms with Crippen LogP contribution in [0.3, 0.4) is 0 Å².